The number of benzene rings is 6. The second kappa shape index (κ2) is 22.9. The molecule has 10 atom stereocenters. The molecule has 0 spiro atoms. The zero-order valence-corrected chi connectivity index (χ0v) is 37.6. The van der Waals surface area contributed by atoms with Crippen molar-refractivity contribution in [2.45, 2.75) is 61.4 Å². The van der Waals surface area contributed by atoms with Crippen molar-refractivity contribution in [2.75, 3.05) is 14.2 Å². The fraction of sp³-hybridized carbons (Fsp3) is 0.222. The lowest BCUT2D eigenvalue weighted by Crippen LogP contribution is -2.71. The van der Waals surface area contributed by atoms with Gasteiger partial charge in [0.25, 0.3) is 0 Å². The first-order chi connectivity index (χ1) is 34.1. The van der Waals surface area contributed by atoms with Crippen LogP contribution in [0.4, 0.5) is 0 Å². The Morgan fingerprint density at radius 3 is 0.671 bits per heavy atom. The third kappa shape index (κ3) is 11.3. The summed E-state index contributed by atoms with van der Waals surface area (Å²) in [5.41, 5.74) is 0.455. The molecule has 0 unspecified atom stereocenters. The number of esters is 6. The van der Waals surface area contributed by atoms with Crippen molar-refractivity contribution in [2.24, 2.45) is 0 Å². The monoisotopic (exact) mass is 950 g/mol. The fourth-order valence-electron chi connectivity index (χ4n) is 7.96. The Hall–Kier alpha value is -8.02. The number of hydrogen-bond acceptors (Lipinski definition) is 16. The van der Waals surface area contributed by atoms with Gasteiger partial charge in [-0.15, -0.1) is 0 Å². The summed E-state index contributed by atoms with van der Waals surface area (Å²) in [5.74, 6) is -5.55. The van der Waals surface area contributed by atoms with Crippen LogP contribution in [0.2, 0.25) is 0 Å². The maximum Gasteiger partial charge on any atom is 0.338 e. The molecule has 0 aliphatic carbocycles. The van der Waals surface area contributed by atoms with Crippen LogP contribution >= 0.6 is 0 Å². The molecule has 8 rings (SSSR count). The Morgan fingerprint density at radius 1 is 0.286 bits per heavy atom. The highest BCUT2D eigenvalue weighted by Gasteiger charge is 2.62. The number of ether oxygens (including phenoxy) is 10. The van der Waals surface area contributed by atoms with E-state index in [4.69, 9.17) is 47.4 Å². The van der Waals surface area contributed by atoms with Crippen molar-refractivity contribution in [3.05, 3.63) is 215 Å². The number of rotatable bonds is 15. The van der Waals surface area contributed by atoms with Crippen LogP contribution in [0.1, 0.15) is 62.1 Å². The Balaban J connectivity index is 1.29. The molecule has 16 heteroatoms. The molecule has 0 N–H and O–H groups in total. The van der Waals surface area contributed by atoms with Crippen LogP contribution < -0.4 is 0 Å². The highest BCUT2D eigenvalue weighted by Crippen LogP contribution is 2.39. The number of hydrogen-bond donors (Lipinski definition) is 0. The summed E-state index contributed by atoms with van der Waals surface area (Å²) in [4.78, 5) is 85.0. The van der Waals surface area contributed by atoms with E-state index < -0.39 is 97.2 Å². The van der Waals surface area contributed by atoms with Crippen molar-refractivity contribution < 1.29 is 76.1 Å². The summed E-state index contributed by atoms with van der Waals surface area (Å²) in [6.07, 6.45) is -17.4. The van der Waals surface area contributed by atoms with Gasteiger partial charge in [-0.25, -0.2) is 28.8 Å². The molecule has 2 aliphatic rings. The van der Waals surface area contributed by atoms with E-state index >= 15 is 0 Å². The molecule has 0 aromatic heterocycles. The van der Waals surface area contributed by atoms with Gasteiger partial charge >= 0.3 is 35.8 Å². The highest BCUT2D eigenvalue weighted by molar-refractivity contribution is 5.93. The maximum absolute atomic E-state index is 14.3. The van der Waals surface area contributed by atoms with Crippen LogP contribution in [-0.4, -0.2) is 111 Å². The first kappa shape index (κ1) is 48.4. The molecule has 2 fully saturated rings. The van der Waals surface area contributed by atoms with Crippen molar-refractivity contribution >= 4 is 35.8 Å². The fourth-order valence-corrected chi connectivity index (χ4v) is 7.96. The summed E-state index contributed by atoms with van der Waals surface area (Å²) in [6, 6.07) is 47.2. The van der Waals surface area contributed by atoms with E-state index in [2.05, 4.69) is 0 Å². The molecule has 358 valence electrons. The predicted octanol–water partition coefficient (Wildman–Crippen LogP) is 7.08. The van der Waals surface area contributed by atoms with Crippen LogP contribution in [0.5, 0.6) is 0 Å². The molecule has 70 heavy (non-hydrogen) atoms. The molecule has 0 amide bonds. The van der Waals surface area contributed by atoms with Gasteiger partial charge in [-0.05, 0) is 72.8 Å². The largest absolute Gasteiger partial charge is 0.452 e. The van der Waals surface area contributed by atoms with Gasteiger partial charge in [0, 0.05) is 14.2 Å². The first-order valence-corrected chi connectivity index (χ1v) is 22.1. The average Bonchev–Trinajstić information content (AvgIpc) is 3.41. The van der Waals surface area contributed by atoms with Crippen LogP contribution in [-0.2, 0) is 47.4 Å². The number of carbonyl (C=O) groups is 6. The third-order valence-electron chi connectivity index (χ3n) is 11.4. The van der Waals surface area contributed by atoms with E-state index in [1.54, 1.807) is 109 Å². The lowest BCUT2D eigenvalue weighted by Gasteiger charge is -2.51. The average molecular weight is 951 g/mol. The lowest BCUT2D eigenvalue weighted by molar-refractivity contribution is -0.349. The molecule has 2 saturated heterocycles. The van der Waals surface area contributed by atoms with Gasteiger partial charge in [-0.3, -0.25) is 0 Å². The Morgan fingerprint density at radius 2 is 0.471 bits per heavy atom. The summed E-state index contributed by atoms with van der Waals surface area (Å²) < 4.78 is 62.2. The summed E-state index contributed by atoms with van der Waals surface area (Å²) >= 11 is 0. The van der Waals surface area contributed by atoms with Gasteiger partial charge in [-0.1, -0.05) is 109 Å². The normalized spacial score (nSPS) is 23.9. The minimum absolute atomic E-state index is 0.0509. The van der Waals surface area contributed by atoms with Crippen LogP contribution in [0.15, 0.2) is 182 Å². The van der Waals surface area contributed by atoms with E-state index in [1.165, 1.54) is 87.0 Å². The summed E-state index contributed by atoms with van der Waals surface area (Å²) in [5, 5.41) is 0. The van der Waals surface area contributed by atoms with Gasteiger partial charge < -0.3 is 47.4 Å². The zero-order valence-electron chi connectivity index (χ0n) is 37.6. The predicted molar refractivity (Wildman–Crippen MR) is 245 cm³/mol. The molecule has 0 radical (unpaired) electrons. The third-order valence-corrected chi connectivity index (χ3v) is 11.4. The van der Waals surface area contributed by atoms with Gasteiger partial charge in [0.05, 0.1) is 33.4 Å². The summed E-state index contributed by atoms with van der Waals surface area (Å²) in [6.45, 7) is 0. The standard InChI is InChI=1S/C54H46O16/c1-61-53-45(67-51(59)37-29-17-7-18-30-37)43(65-49(57)35-25-13-5-14-26-35)39(63-47(55)33-21-9-3-10-22-33)41(69-53)42-40(64-48(56)34-23-11-4-12-24-34)44(66-50(58)36-27-15-6-16-28-36)46(54(62-2)70-42)68-52(60)38-31-19-8-20-32-38/h3-32,39-46,53-54H,1-2H3/t39-,40-,41+,42+,43-,44-,45+,46+,53+,54+/m0/s1. The molecule has 16 nitrogen and oxygen atoms in total. The van der Waals surface area contributed by atoms with E-state index in [9.17, 15) is 28.8 Å². The van der Waals surface area contributed by atoms with Gasteiger partial charge in [-0.2, -0.15) is 0 Å². The minimum Gasteiger partial charge on any atom is -0.452 e. The van der Waals surface area contributed by atoms with Crippen molar-refractivity contribution in [3.63, 3.8) is 0 Å². The van der Waals surface area contributed by atoms with E-state index in [0.717, 1.165) is 0 Å². The van der Waals surface area contributed by atoms with E-state index in [0.29, 0.717) is 0 Å². The SMILES string of the molecule is CO[C@@H]1O[C@@H]([C@@H]2O[C@@H](OC)[C@H](OC(=O)c3ccccc3)[C@@H](OC(=O)c3ccccc3)[C@H]2OC(=O)c2ccccc2)[C@H](OC(=O)c2ccccc2)[C@H](OC(=O)c2ccccc2)[C@H]1OC(=O)c1ccccc1. The lowest BCUT2D eigenvalue weighted by atomic mass is 9.87. The number of methoxy groups -OCH3 is 2. The Bertz CT molecular complexity index is 2520. The van der Waals surface area contributed by atoms with Gasteiger partial charge in [0.2, 0.25) is 0 Å². The number of carbonyl (C=O) groups excluding carboxylic acids is 6. The second-order valence-corrected chi connectivity index (χ2v) is 15.8. The topological polar surface area (TPSA) is 195 Å². The van der Waals surface area contributed by atoms with Crippen molar-refractivity contribution in [3.8, 4) is 0 Å². The van der Waals surface area contributed by atoms with Crippen LogP contribution in [0.25, 0.3) is 0 Å². The second-order valence-electron chi connectivity index (χ2n) is 15.8. The molecule has 0 bridgehead atoms. The van der Waals surface area contributed by atoms with Crippen LogP contribution in [0.3, 0.4) is 0 Å². The van der Waals surface area contributed by atoms with Crippen molar-refractivity contribution in [1.82, 2.24) is 0 Å². The van der Waals surface area contributed by atoms with E-state index in [1.807, 2.05) is 0 Å². The van der Waals surface area contributed by atoms with Gasteiger partial charge in [0.1, 0.15) is 12.2 Å². The summed E-state index contributed by atoms with van der Waals surface area (Å²) in [7, 11) is 2.46. The quantitative estimate of drug-likeness (QED) is 0.0748. The van der Waals surface area contributed by atoms with Crippen LogP contribution in [0, 0.1) is 0 Å². The first-order valence-electron chi connectivity index (χ1n) is 22.1. The van der Waals surface area contributed by atoms with Gasteiger partial charge in [0.15, 0.2) is 49.2 Å². The maximum atomic E-state index is 14.3. The Kier molecular flexibility index (Phi) is 15.8. The van der Waals surface area contributed by atoms with E-state index in [-0.39, 0.29) is 33.4 Å². The molecular weight excluding hydrogens is 905 g/mol. The molecule has 2 heterocycles. The molecule has 6 aromatic rings. The molecule has 2 aliphatic heterocycles. The molecule has 6 aromatic carbocycles. The highest BCUT2D eigenvalue weighted by atomic mass is 16.8. The zero-order chi connectivity index (χ0) is 49.0. The minimum atomic E-state index is -1.84. The smallest absolute Gasteiger partial charge is 0.338 e. The Labute approximate surface area is 401 Å². The molecular formula is C54H46O16. The van der Waals surface area contributed by atoms with Crippen molar-refractivity contribution in [1.29, 1.82) is 0 Å². The molecule has 0 saturated carbocycles.